The fourth-order valence-electron chi connectivity index (χ4n) is 3.39. The maximum absolute atomic E-state index is 12.1. The third-order valence-corrected chi connectivity index (χ3v) is 4.31. The highest BCUT2D eigenvalue weighted by atomic mass is 16.5. The molecule has 2 heterocycles. The number of amidine groups is 1. The van der Waals surface area contributed by atoms with E-state index in [4.69, 9.17) is 10.1 Å². The molecule has 3 fully saturated rings. The molecule has 5 heteroatoms. The number of hydrogen-bond acceptors (Lipinski definition) is 3. The van der Waals surface area contributed by atoms with Crippen molar-refractivity contribution in [2.45, 2.75) is 57.3 Å². The molecule has 0 radical (unpaired) electrons. The molecule has 3 aliphatic rings. The van der Waals surface area contributed by atoms with E-state index in [0.29, 0.717) is 11.8 Å². The van der Waals surface area contributed by atoms with Gasteiger partial charge in [0.2, 0.25) is 0 Å². The van der Waals surface area contributed by atoms with Gasteiger partial charge in [0.05, 0.1) is 12.2 Å². The lowest BCUT2D eigenvalue weighted by molar-refractivity contribution is -0.0713. The Bertz CT molecular complexity index is 382. The lowest BCUT2D eigenvalue weighted by Crippen LogP contribution is -2.57. The normalized spacial score (nSPS) is 40.4. The summed E-state index contributed by atoms with van der Waals surface area (Å²) in [7, 11) is 0. The first-order valence-corrected chi connectivity index (χ1v) is 6.84. The summed E-state index contributed by atoms with van der Waals surface area (Å²) in [5, 5.41) is 10.9. The molecule has 2 N–H and O–H groups in total. The SMILES string of the molecule is CC1CC2(CC(C)O1)C(=N)NC(=O)N2CC1CC1. The third-order valence-electron chi connectivity index (χ3n) is 4.31. The Morgan fingerprint density at radius 2 is 2.00 bits per heavy atom. The van der Waals surface area contributed by atoms with Gasteiger partial charge in [0, 0.05) is 19.4 Å². The molecule has 3 rings (SSSR count). The van der Waals surface area contributed by atoms with Gasteiger partial charge >= 0.3 is 6.03 Å². The molecular weight excluding hydrogens is 230 g/mol. The Kier molecular flexibility index (Phi) is 2.62. The molecule has 5 nitrogen and oxygen atoms in total. The van der Waals surface area contributed by atoms with Gasteiger partial charge < -0.3 is 9.64 Å². The third kappa shape index (κ3) is 1.81. The van der Waals surface area contributed by atoms with Crippen molar-refractivity contribution in [2.24, 2.45) is 5.92 Å². The monoisotopic (exact) mass is 251 g/mol. The van der Waals surface area contributed by atoms with Gasteiger partial charge in [-0.1, -0.05) is 0 Å². The van der Waals surface area contributed by atoms with E-state index in [1.54, 1.807) is 0 Å². The number of carbonyl (C=O) groups is 1. The number of nitrogens with one attached hydrogen (secondary N) is 2. The van der Waals surface area contributed by atoms with Crippen LogP contribution in [0.4, 0.5) is 4.79 Å². The summed E-state index contributed by atoms with van der Waals surface area (Å²) in [6, 6.07) is -0.0896. The number of amides is 2. The van der Waals surface area contributed by atoms with Crippen molar-refractivity contribution in [3.8, 4) is 0 Å². The zero-order valence-corrected chi connectivity index (χ0v) is 11.0. The van der Waals surface area contributed by atoms with E-state index in [-0.39, 0.29) is 18.2 Å². The summed E-state index contributed by atoms with van der Waals surface area (Å²) in [6.45, 7) is 4.86. The summed E-state index contributed by atoms with van der Waals surface area (Å²) in [5.41, 5.74) is -0.434. The minimum atomic E-state index is -0.434. The van der Waals surface area contributed by atoms with Gasteiger partial charge in [0.1, 0.15) is 11.4 Å². The highest BCUT2D eigenvalue weighted by Crippen LogP contribution is 2.40. The predicted octanol–water partition coefficient (Wildman–Crippen LogP) is 1.73. The maximum atomic E-state index is 12.1. The molecule has 0 aromatic heterocycles. The molecule has 2 saturated heterocycles. The topological polar surface area (TPSA) is 65.4 Å². The summed E-state index contributed by atoms with van der Waals surface area (Å²) >= 11 is 0. The zero-order valence-electron chi connectivity index (χ0n) is 11.0. The molecular formula is C13H21N3O2. The van der Waals surface area contributed by atoms with E-state index in [0.717, 1.165) is 19.4 Å². The van der Waals surface area contributed by atoms with Crippen LogP contribution in [-0.2, 0) is 4.74 Å². The average Bonchev–Trinajstić information content (AvgIpc) is 3.03. The van der Waals surface area contributed by atoms with Gasteiger partial charge in [-0.3, -0.25) is 10.7 Å². The Labute approximate surface area is 107 Å². The van der Waals surface area contributed by atoms with Crippen LogP contribution in [0, 0.1) is 11.3 Å². The van der Waals surface area contributed by atoms with E-state index in [9.17, 15) is 4.79 Å². The quantitative estimate of drug-likeness (QED) is 0.785. The average molecular weight is 251 g/mol. The van der Waals surface area contributed by atoms with E-state index in [2.05, 4.69) is 5.32 Å². The highest BCUT2D eigenvalue weighted by molar-refractivity contribution is 6.08. The lowest BCUT2D eigenvalue weighted by atomic mass is 9.82. The number of hydrogen-bond donors (Lipinski definition) is 2. The second-order valence-corrected chi connectivity index (χ2v) is 6.06. The van der Waals surface area contributed by atoms with Gasteiger partial charge in [0.15, 0.2) is 0 Å². The van der Waals surface area contributed by atoms with E-state index < -0.39 is 5.54 Å². The molecule has 18 heavy (non-hydrogen) atoms. The minimum Gasteiger partial charge on any atom is -0.375 e. The Hall–Kier alpha value is -1.10. The summed E-state index contributed by atoms with van der Waals surface area (Å²) in [4.78, 5) is 14.0. The highest BCUT2D eigenvalue weighted by Gasteiger charge is 2.54. The second kappa shape index (κ2) is 3.95. The van der Waals surface area contributed by atoms with E-state index >= 15 is 0 Å². The van der Waals surface area contributed by atoms with E-state index in [1.165, 1.54) is 12.8 Å². The van der Waals surface area contributed by atoms with Crippen LogP contribution in [0.1, 0.15) is 39.5 Å². The molecule has 2 amide bonds. The first-order chi connectivity index (χ1) is 8.51. The molecule has 0 aromatic carbocycles. The summed E-state index contributed by atoms with van der Waals surface area (Å²) < 4.78 is 5.76. The molecule has 1 spiro atoms. The number of nitrogens with zero attached hydrogens (tertiary/aromatic N) is 1. The smallest absolute Gasteiger partial charge is 0.323 e. The van der Waals surface area contributed by atoms with Crippen molar-refractivity contribution < 1.29 is 9.53 Å². The van der Waals surface area contributed by atoms with Gasteiger partial charge in [-0.25, -0.2) is 4.79 Å². The molecule has 2 atom stereocenters. The van der Waals surface area contributed by atoms with Crippen molar-refractivity contribution in [1.82, 2.24) is 10.2 Å². The van der Waals surface area contributed by atoms with Crippen molar-refractivity contribution in [3.63, 3.8) is 0 Å². The van der Waals surface area contributed by atoms with Crippen molar-refractivity contribution in [3.05, 3.63) is 0 Å². The van der Waals surface area contributed by atoms with Crippen LogP contribution in [0.2, 0.25) is 0 Å². The van der Waals surface area contributed by atoms with Crippen LogP contribution in [-0.4, -0.2) is 41.1 Å². The number of rotatable bonds is 2. The number of urea groups is 1. The molecule has 2 unspecified atom stereocenters. The number of carbonyl (C=O) groups excluding carboxylic acids is 1. The first kappa shape index (κ1) is 12.0. The zero-order chi connectivity index (χ0) is 12.9. The summed E-state index contributed by atoms with van der Waals surface area (Å²) in [5.74, 6) is 1.02. The molecule has 2 aliphatic heterocycles. The lowest BCUT2D eigenvalue weighted by Gasteiger charge is -2.44. The Balaban J connectivity index is 1.89. The molecule has 0 aromatic rings. The fourth-order valence-corrected chi connectivity index (χ4v) is 3.39. The Morgan fingerprint density at radius 3 is 2.56 bits per heavy atom. The van der Waals surface area contributed by atoms with Crippen LogP contribution in [0.15, 0.2) is 0 Å². The largest absolute Gasteiger partial charge is 0.375 e. The van der Waals surface area contributed by atoms with Crippen LogP contribution in [0.5, 0.6) is 0 Å². The van der Waals surface area contributed by atoms with Crippen molar-refractivity contribution in [1.29, 1.82) is 5.41 Å². The maximum Gasteiger partial charge on any atom is 0.323 e. The van der Waals surface area contributed by atoms with Crippen LogP contribution in [0.25, 0.3) is 0 Å². The second-order valence-electron chi connectivity index (χ2n) is 6.06. The Morgan fingerprint density at radius 1 is 1.39 bits per heavy atom. The van der Waals surface area contributed by atoms with Crippen LogP contribution in [0.3, 0.4) is 0 Å². The molecule has 100 valence electrons. The number of ether oxygens (including phenoxy) is 1. The molecule has 1 saturated carbocycles. The van der Waals surface area contributed by atoms with Crippen LogP contribution < -0.4 is 5.32 Å². The van der Waals surface area contributed by atoms with Crippen LogP contribution >= 0.6 is 0 Å². The molecule has 0 bridgehead atoms. The minimum absolute atomic E-state index is 0.0896. The summed E-state index contributed by atoms with van der Waals surface area (Å²) in [6.07, 6.45) is 4.11. The standard InChI is InChI=1S/C13H21N3O2/c1-8-5-13(6-9(2)18-8)11(14)15-12(17)16(13)7-10-3-4-10/h8-10H,3-7H2,1-2H3,(H2,14,15,17). The molecule has 1 aliphatic carbocycles. The van der Waals surface area contributed by atoms with Crippen molar-refractivity contribution >= 4 is 11.9 Å². The van der Waals surface area contributed by atoms with Gasteiger partial charge in [-0.2, -0.15) is 0 Å². The first-order valence-electron chi connectivity index (χ1n) is 6.84. The van der Waals surface area contributed by atoms with Gasteiger partial charge in [0.25, 0.3) is 0 Å². The van der Waals surface area contributed by atoms with Crippen molar-refractivity contribution in [2.75, 3.05) is 6.54 Å². The van der Waals surface area contributed by atoms with E-state index in [1.807, 2.05) is 18.7 Å². The van der Waals surface area contributed by atoms with Gasteiger partial charge in [-0.15, -0.1) is 0 Å². The van der Waals surface area contributed by atoms with Gasteiger partial charge in [-0.05, 0) is 32.6 Å². The fraction of sp³-hybridized carbons (Fsp3) is 0.846. The predicted molar refractivity (Wildman–Crippen MR) is 67.7 cm³/mol.